The van der Waals surface area contributed by atoms with Gasteiger partial charge in [0.1, 0.15) is 0 Å². The summed E-state index contributed by atoms with van der Waals surface area (Å²) in [6, 6.07) is 7.12. The predicted octanol–water partition coefficient (Wildman–Crippen LogP) is 0.278. The molecule has 2 amide bonds. The Balaban J connectivity index is 2.30. The molecular formula is C13H17N3O2. The number of rotatable bonds is 2. The Kier molecular flexibility index (Phi) is 3.62. The molecule has 1 aliphatic heterocycles. The molecule has 1 aromatic rings. The highest BCUT2D eigenvalue weighted by atomic mass is 16.2. The molecule has 5 heteroatoms. The monoisotopic (exact) mass is 247 g/mol. The molecule has 1 unspecified atom stereocenters. The van der Waals surface area contributed by atoms with Gasteiger partial charge in [0, 0.05) is 32.1 Å². The Labute approximate surface area is 106 Å². The molecular weight excluding hydrogens is 230 g/mol. The van der Waals surface area contributed by atoms with E-state index in [4.69, 9.17) is 5.73 Å². The Morgan fingerprint density at radius 3 is 2.89 bits per heavy atom. The number of benzene rings is 1. The van der Waals surface area contributed by atoms with Crippen molar-refractivity contribution in [3.8, 4) is 0 Å². The Morgan fingerprint density at radius 2 is 2.22 bits per heavy atom. The maximum Gasteiger partial charge on any atom is 0.248 e. The van der Waals surface area contributed by atoms with Crippen LogP contribution >= 0.6 is 0 Å². The van der Waals surface area contributed by atoms with Crippen molar-refractivity contribution in [3.63, 3.8) is 0 Å². The number of nitrogens with one attached hydrogen (secondary N) is 1. The van der Waals surface area contributed by atoms with Crippen LogP contribution < -0.4 is 11.1 Å². The molecule has 0 saturated carbocycles. The van der Waals surface area contributed by atoms with E-state index in [2.05, 4.69) is 5.32 Å². The zero-order valence-electron chi connectivity index (χ0n) is 10.3. The number of primary amides is 1. The molecule has 1 saturated heterocycles. The quantitative estimate of drug-likeness (QED) is 0.788. The summed E-state index contributed by atoms with van der Waals surface area (Å²) in [5, 5.41) is 3.26. The number of nitrogens with two attached hydrogens (primary N) is 1. The second kappa shape index (κ2) is 5.18. The average molecular weight is 247 g/mol. The number of carbonyl (C=O) groups is 2. The van der Waals surface area contributed by atoms with Gasteiger partial charge in [0.15, 0.2) is 0 Å². The van der Waals surface area contributed by atoms with Gasteiger partial charge in [-0.25, -0.2) is 0 Å². The van der Waals surface area contributed by atoms with Crippen LogP contribution in [-0.4, -0.2) is 36.3 Å². The van der Waals surface area contributed by atoms with Crippen LogP contribution in [0.5, 0.6) is 0 Å². The molecule has 1 fully saturated rings. The van der Waals surface area contributed by atoms with Crippen molar-refractivity contribution < 1.29 is 9.59 Å². The topological polar surface area (TPSA) is 75.4 Å². The molecule has 1 heterocycles. The molecule has 0 spiro atoms. The van der Waals surface area contributed by atoms with Crippen LogP contribution in [0.1, 0.15) is 28.9 Å². The van der Waals surface area contributed by atoms with Crippen molar-refractivity contribution >= 4 is 11.8 Å². The second-order valence-corrected chi connectivity index (χ2v) is 4.42. The normalized spacial score (nSPS) is 19.6. The summed E-state index contributed by atoms with van der Waals surface area (Å²) in [5.74, 6) is -0.402. The summed E-state index contributed by atoms with van der Waals surface area (Å²) in [6.07, 6.45) is 0. The first-order valence-corrected chi connectivity index (χ1v) is 5.97. The van der Waals surface area contributed by atoms with Crippen molar-refractivity contribution in [2.75, 3.05) is 19.6 Å². The molecule has 0 radical (unpaired) electrons. The van der Waals surface area contributed by atoms with Gasteiger partial charge in [-0.15, -0.1) is 0 Å². The first-order valence-electron chi connectivity index (χ1n) is 5.97. The standard InChI is InChI=1S/C13H17N3O2/c1-9(17)16-6-5-15-8-12(16)10-3-2-4-11(7-10)13(14)18/h2-4,7,12,15H,5-6,8H2,1H3,(H2,14,18). The van der Waals surface area contributed by atoms with E-state index in [0.29, 0.717) is 18.7 Å². The summed E-state index contributed by atoms with van der Waals surface area (Å²) in [4.78, 5) is 24.6. The van der Waals surface area contributed by atoms with Crippen LogP contribution in [-0.2, 0) is 4.79 Å². The van der Waals surface area contributed by atoms with Gasteiger partial charge >= 0.3 is 0 Å². The molecule has 3 N–H and O–H groups in total. The van der Waals surface area contributed by atoms with Crippen LogP contribution in [0, 0.1) is 0 Å². The summed E-state index contributed by atoms with van der Waals surface area (Å²) in [6.45, 7) is 3.74. The summed E-state index contributed by atoms with van der Waals surface area (Å²) >= 11 is 0. The Hall–Kier alpha value is -1.88. The van der Waals surface area contributed by atoms with E-state index in [-0.39, 0.29) is 11.9 Å². The van der Waals surface area contributed by atoms with Crippen LogP contribution in [0.25, 0.3) is 0 Å². The third kappa shape index (κ3) is 2.51. The molecule has 1 aliphatic rings. The lowest BCUT2D eigenvalue weighted by Crippen LogP contribution is -2.47. The first-order chi connectivity index (χ1) is 8.59. The third-order valence-electron chi connectivity index (χ3n) is 3.20. The van der Waals surface area contributed by atoms with Gasteiger partial charge in [-0.3, -0.25) is 9.59 Å². The van der Waals surface area contributed by atoms with E-state index in [0.717, 1.165) is 12.1 Å². The van der Waals surface area contributed by atoms with Gasteiger partial charge in [-0.1, -0.05) is 12.1 Å². The van der Waals surface area contributed by atoms with Gasteiger partial charge in [-0.2, -0.15) is 0 Å². The van der Waals surface area contributed by atoms with E-state index in [1.807, 2.05) is 11.0 Å². The minimum Gasteiger partial charge on any atom is -0.366 e. The lowest BCUT2D eigenvalue weighted by Gasteiger charge is -2.36. The highest BCUT2D eigenvalue weighted by Crippen LogP contribution is 2.23. The van der Waals surface area contributed by atoms with Gasteiger partial charge in [0.25, 0.3) is 0 Å². The first kappa shape index (κ1) is 12.6. The molecule has 0 aromatic heterocycles. The van der Waals surface area contributed by atoms with Crippen molar-refractivity contribution in [3.05, 3.63) is 35.4 Å². The minimum absolute atomic E-state index is 0.0319. The van der Waals surface area contributed by atoms with E-state index in [9.17, 15) is 9.59 Å². The number of hydrogen-bond donors (Lipinski definition) is 2. The fourth-order valence-electron chi connectivity index (χ4n) is 2.28. The number of piperazine rings is 1. The Bertz CT molecular complexity index is 473. The average Bonchev–Trinajstić information content (AvgIpc) is 2.39. The van der Waals surface area contributed by atoms with Gasteiger partial charge < -0.3 is 16.0 Å². The SMILES string of the molecule is CC(=O)N1CCNCC1c1cccc(C(N)=O)c1. The van der Waals surface area contributed by atoms with Crippen LogP contribution in [0.4, 0.5) is 0 Å². The highest BCUT2D eigenvalue weighted by Gasteiger charge is 2.25. The zero-order chi connectivity index (χ0) is 13.1. The molecule has 0 aliphatic carbocycles. The van der Waals surface area contributed by atoms with Gasteiger partial charge in [0.05, 0.1) is 6.04 Å². The minimum atomic E-state index is -0.449. The maximum absolute atomic E-state index is 11.6. The lowest BCUT2D eigenvalue weighted by atomic mass is 10.0. The van der Waals surface area contributed by atoms with Gasteiger partial charge in [-0.05, 0) is 17.7 Å². The molecule has 5 nitrogen and oxygen atoms in total. The van der Waals surface area contributed by atoms with E-state index >= 15 is 0 Å². The zero-order valence-corrected chi connectivity index (χ0v) is 10.3. The smallest absolute Gasteiger partial charge is 0.248 e. The molecule has 18 heavy (non-hydrogen) atoms. The van der Waals surface area contributed by atoms with Crippen LogP contribution in [0.15, 0.2) is 24.3 Å². The third-order valence-corrected chi connectivity index (χ3v) is 3.20. The molecule has 1 atom stereocenters. The second-order valence-electron chi connectivity index (χ2n) is 4.42. The maximum atomic E-state index is 11.6. The van der Waals surface area contributed by atoms with E-state index < -0.39 is 5.91 Å². The summed E-state index contributed by atoms with van der Waals surface area (Å²) in [5.41, 5.74) is 6.68. The largest absolute Gasteiger partial charge is 0.366 e. The van der Waals surface area contributed by atoms with Crippen molar-refractivity contribution in [2.45, 2.75) is 13.0 Å². The number of amides is 2. The van der Waals surface area contributed by atoms with Gasteiger partial charge in [0.2, 0.25) is 11.8 Å². The van der Waals surface area contributed by atoms with Crippen molar-refractivity contribution in [1.29, 1.82) is 0 Å². The van der Waals surface area contributed by atoms with Crippen molar-refractivity contribution in [1.82, 2.24) is 10.2 Å². The fraction of sp³-hybridized carbons (Fsp3) is 0.385. The summed E-state index contributed by atoms with van der Waals surface area (Å²) in [7, 11) is 0. The fourth-order valence-corrected chi connectivity index (χ4v) is 2.28. The molecule has 2 rings (SSSR count). The molecule has 0 bridgehead atoms. The van der Waals surface area contributed by atoms with Crippen molar-refractivity contribution in [2.24, 2.45) is 5.73 Å². The van der Waals surface area contributed by atoms with E-state index in [1.54, 1.807) is 25.1 Å². The summed E-state index contributed by atoms with van der Waals surface area (Å²) < 4.78 is 0. The number of carbonyl (C=O) groups excluding carboxylic acids is 2. The number of hydrogen-bond acceptors (Lipinski definition) is 3. The molecule has 1 aromatic carbocycles. The molecule has 96 valence electrons. The van der Waals surface area contributed by atoms with Crippen LogP contribution in [0.2, 0.25) is 0 Å². The highest BCUT2D eigenvalue weighted by molar-refractivity contribution is 5.92. The predicted molar refractivity (Wildman–Crippen MR) is 68.0 cm³/mol. The lowest BCUT2D eigenvalue weighted by molar-refractivity contribution is -0.132. The number of nitrogens with zero attached hydrogens (tertiary/aromatic N) is 1. The Morgan fingerprint density at radius 1 is 1.44 bits per heavy atom. The van der Waals surface area contributed by atoms with Crippen LogP contribution in [0.3, 0.4) is 0 Å². The van der Waals surface area contributed by atoms with E-state index in [1.165, 1.54) is 0 Å².